The highest BCUT2D eigenvalue weighted by Gasteiger charge is 2.30. The lowest BCUT2D eigenvalue weighted by Crippen LogP contribution is -2.30. The monoisotopic (exact) mass is 343 g/mol. The van der Waals surface area contributed by atoms with Crippen LogP contribution in [0.2, 0.25) is 0 Å². The highest BCUT2D eigenvalue weighted by atomic mass is 16.5. The van der Waals surface area contributed by atoms with E-state index in [0.717, 1.165) is 18.6 Å². The Kier molecular flexibility index (Phi) is 5.03. The lowest BCUT2D eigenvalue weighted by molar-refractivity contribution is 0.306. The molecular weight excluding hydrogens is 318 g/mol. The average molecular weight is 343 g/mol. The van der Waals surface area contributed by atoms with Gasteiger partial charge in [-0.05, 0) is 54.3 Å². The molecule has 3 aromatic carbocycles. The lowest BCUT2D eigenvalue weighted by Gasteiger charge is -2.20. The summed E-state index contributed by atoms with van der Waals surface area (Å²) >= 11 is 0. The molecule has 0 unspecified atom stereocenters. The molecule has 0 spiro atoms. The van der Waals surface area contributed by atoms with Gasteiger partial charge in [0.1, 0.15) is 12.4 Å². The fourth-order valence-electron chi connectivity index (χ4n) is 3.95. The number of hydrogen-bond donors (Lipinski definition) is 1. The minimum atomic E-state index is 0.515. The Labute approximate surface area is 155 Å². The Morgan fingerprint density at radius 1 is 0.846 bits per heavy atom. The number of nitrogens with one attached hydrogen (secondary N) is 1. The molecule has 3 aromatic rings. The molecule has 1 N–H and O–H groups in total. The van der Waals surface area contributed by atoms with E-state index in [9.17, 15) is 0 Å². The van der Waals surface area contributed by atoms with Crippen molar-refractivity contribution in [2.75, 3.05) is 7.05 Å². The summed E-state index contributed by atoms with van der Waals surface area (Å²) in [5, 5.41) is 3.51. The summed E-state index contributed by atoms with van der Waals surface area (Å²) in [7, 11) is 2.07. The third-order valence-corrected chi connectivity index (χ3v) is 5.38. The Morgan fingerprint density at radius 2 is 1.58 bits per heavy atom. The van der Waals surface area contributed by atoms with Crippen LogP contribution in [0, 0.1) is 0 Å². The summed E-state index contributed by atoms with van der Waals surface area (Å²) in [5.74, 6) is 1.46. The van der Waals surface area contributed by atoms with Crippen molar-refractivity contribution >= 4 is 0 Å². The van der Waals surface area contributed by atoms with Gasteiger partial charge in [0.15, 0.2) is 0 Å². The first kappa shape index (κ1) is 16.9. The van der Waals surface area contributed by atoms with Crippen molar-refractivity contribution in [2.24, 2.45) is 0 Å². The molecule has 4 rings (SSSR count). The predicted molar refractivity (Wildman–Crippen MR) is 107 cm³/mol. The van der Waals surface area contributed by atoms with Crippen molar-refractivity contribution in [1.29, 1.82) is 0 Å². The van der Waals surface area contributed by atoms with Crippen molar-refractivity contribution in [3.05, 3.63) is 101 Å². The van der Waals surface area contributed by atoms with Gasteiger partial charge in [-0.3, -0.25) is 0 Å². The van der Waals surface area contributed by atoms with Crippen LogP contribution in [0.3, 0.4) is 0 Å². The summed E-state index contributed by atoms with van der Waals surface area (Å²) in [6.45, 7) is 0.609. The van der Waals surface area contributed by atoms with Crippen LogP contribution < -0.4 is 10.1 Å². The standard InChI is InChI=1S/C24H25NO/c1-25-24-16-20-9-5-6-10-22(20)23(24)15-18-11-13-21(14-12-18)26-17-19-7-3-2-4-8-19/h2-14,23-25H,15-17H2,1H3/t23-,24+/m0/s1. The van der Waals surface area contributed by atoms with Crippen LogP contribution in [0.15, 0.2) is 78.9 Å². The molecule has 0 aromatic heterocycles. The molecule has 132 valence electrons. The number of rotatable bonds is 6. The van der Waals surface area contributed by atoms with Gasteiger partial charge in [-0.25, -0.2) is 0 Å². The first-order valence-electron chi connectivity index (χ1n) is 9.34. The highest BCUT2D eigenvalue weighted by molar-refractivity contribution is 5.39. The maximum absolute atomic E-state index is 5.90. The van der Waals surface area contributed by atoms with Crippen molar-refractivity contribution in [1.82, 2.24) is 5.32 Å². The molecule has 0 radical (unpaired) electrons. The van der Waals surface area contributed by atoms with Crippen LogP contribution in [-0.2, 0) is 19.4 Å². The van der Waals surface area contributed by atoms with Crippen LogP contribution in [-0.4, -0.2) is 13.1 Å². The molecule has 0 bridgehead atoms. The van der Waals surface area contributed by atoms with Crippen LogP contribution in [0.4, 0.5) is 0 Å². The van der Waals surface area contributed by atoms with E-state index in [4.69, 9.17) is 4.74 Å². The molecule has 1 aliphatic carbocycles. The normalized spacial score (nSPS) is 18.5. The summed E-state index contributed by atoms with van der Waals surface area (Å²) < 4.78 is 5.90. The van der Waals surface area contributed by atoms with Gasteiger partial charge in [-0.1, -0.05) is 66.7 Å². The van der Waals surface area contributed by atoms with Crippen molar-refractivity contribution in [3.8, 4) is 5.75 Å². The number of fused-ring (bicyclic) bond motifs is 1. The highest BCUT2D eigenvalue weighted by Crippen LogP contribution is 2.35. The van der Waals surface area contributed by atoms with E-state index in [1.54, 1.807) is 0 Å². The largest absolute Gasteiger partial charge is 0.489 e. The second kappa shape index (κ2) is 7.76. The summed E-state index contributed by atoms with van der Waals surface area (Å²) in [6, 6.07) is 28.2. The Bertz CT molecular complexity index is 842. The lowest BCUT2D eigenvalue weighted by atomic mass is 9.91. The van der Waals surface area contributed by atoms with Crippen molar-refractivity contribution < 1.29 is 4.74 Å². The molecule has 0 heterocycles. The molecule has 0 aliphatic heterocycles. The molecular formula is C24H25NO. The average Bonchev–Trinajstić information content (AvgIpc) is 3.06. The van der Waals surface area contributed by atoms with Gasteiger partial charge < -0.3 is 10.1 Å². The molecule has 26 heavy (non-hydrogen) atoms. The molecule has 0 amide bonds. The van der Waals surface area contributed by atoms with Crippen LogP contribution in [0.1, 0.15) is 28.2 Å². The quantitative estimate of drug-likeness (QED) is 0.698. The van der Waals surface area contributed by atoms with Gasteiger partial charge in [0.2, 0.25) is 0 Å². The van der Waals surface area contributed by atoms with E-state index in [0.29, 0.717) is 18.6 Å². The Hall–Kier alpha value is -2.58. The van der Waals surface area contributed by atoms with Gasteiger partial charge in [0.25, 0.3) is 0 Å². The summed E-state index contributed by atoms with van der Waals surface area (Å²) in [4.78, 5) is 0. The minimum Gasteiger partial charge on any atom is -0.489 e. The maximum Gasteiger partial charge on any atom is 0.119 e. The zero-order chi connectivity index (χ0) is 17.8. The number of likely N-dealkylation sites (N-methyl/N-ethyl adjacent to an activating group) is 1. The first-order chi connectivity index (χ1) is 12.8. The number of benzene rings is 3. The van der Waals surface area contributed by atoms with Crippen LogP contribution in [0.5, 0.6) is 5.75 Å². The van der Waals surface area contributed by atoms with E-state index in [2.05, 4.69) is 73.0 Å². The smallest absolute Gasteiger partial charge is 0.119 e. The summed E-state index contributed by atoms with van der Waals surface area (Å²) in [5.41, 5.74) is 5.53. The van der Waals surface area contributed by atoms with Crippen molar-refractivity contribution in [2.45, 2.75) is 31.4 Å². The molecule has 2 nitrogen and oxygen atoms in total. The Balaban J connectivity index is 1.42. The second-order valence-electron chi connectivity index (χ2n) is 7.03. The zero-order valence-electron chi connectivity index (χ0n) is 15.2. The van der Waals surface area contributed by atoms with Gasteiger partial charge in [0.05, 0.1) is 0 Å². The SMILES string of the molecule is CN[C@@H]1Cc2ccccc2[C@@H]1Cc1ccc(OCc2ccccc2)cc1. The van der Waals surface area contributed by atoms with E-state index < -0.39 is 0 Å². The number of hydrogen-bond acceptors (Lipinski definition) is 2. The fraction of sp³-hybridized carbons (Fsp3) is 0.250. The van der Waals surface area contributed by atoms with Gasteiger partial charge in [-0.2, -0.15) is 0 Å². The maximum atomic E-state index is 5.90. The second-order valence-corrected chi connectivity index (χ2v) is 7.03. The fourth-order valence-corrected chi connectivity index (χ4v) is 3.95. The first-order valence-corrected chi connectivity index (χ1v) is 9.34. The molecule has 1 aliphatic rings. The summed E-state index contributed by atoms with van der Waals surface area (Å²) in [6.07, 6.45) is 2.18. The number of ether oxygens (including phenoxy) is 1. The van der Waals surface area contributed by atoms with Crippen LogP contribution in [0.25, 0.3) is 0 Å². The molecule has 0 saturated carbocycles. The Morgan fingerprint density at radius 3 is 2.35 bits per heavy atom. The van der Waals surface area contributed by atoms with E-state index >= 15 is 0 Å². The topological polar surface area (TPSA) is 21.3 Å². The third-order valence-electron chi connectivity index (χ3n) is 5.38. The molecule has 2 atom stereocenters. The van der Waals surface area contributed by atoms with E-state index in [1.807, 2.05) is 18.2 Å². The van der Waals surface area contributed by atoms with Gasteiger partial charge in [-0.15, -0.1) is 0 Å². The van der Waals surface area contributed by atoms with E-state index in [-0.39, 0.29) is 0 Å². The molecule has 2 heteroatoms. The van der Waals surface area contributed by atoms with Crippen molar-refractivity contribution in [3.63, 3.8) is 0 Å². The predicted octanol–water partition coefficient (Wildman–Crippen LogP) is 4.74. The third kappa shape index (κ3) is 3.66. The molecule has 0 fully saturated rings. The molecule has 0 saturated heterocycles. The zero-order valence-corrected chi connectivity index (χ0v) is 15.2. The minimum absolute atomic E-state index is 0.515. The van der Waals surface area contributed by atoms with Crippen LogP contribution >= 0.6 is 0 Å². The van der Waals surface area contributed by atoms with Gasteiger partial charge >= 0.3 is 0 Å². The van der Waals surface area contributed by atoms with Gasteiger partial charge in [0, 0.05) is 12.0 Å². The van der Waals surface area contributed by atoms with E-state index in [1.165, 1.54) is 22.3 Å².